The number of alkyl carbamates (subject to hydrolysis) is 1. The van der Waals surface area contributed by atoms with E-state index >= 15 is 0 Å². The van der Waals surface area contributed by atoms with Gasteiger partial charge in [-0.15, -0.1) is 0 Å². The van der Waals surface area contributed by atoms with Gasteiger partial charge in [-0.05, 0) is 20.8 Å². The van der Waals surface area contributed by atoms with Crippen LogP contribution in [0.5, 0.6) is 0 Å². The minimum absolute atomic E-state index is 0.872. The Bertz CT molecular complexity index is 309. The molecule has 5 nitrogen and oxygen atoms in total. The average Bonchev–Trinajstić information content (AvgIpc) is 2.10. The molecule has 0 aromatic carbocycles. The first-order chi connectivity index (χ1) is 7.94. The molecule has 0 rings (SSSR count). The molecule has 1 atom stereocenters. The lowest BCUT2D eigenvalue weighted by Gasteiger charge is -2.23. The second kappa shape index (κ2) is 5.92. The fourth-order valence-electron chi connectivity index (χ4n) is 1.02. The summed E-state index contributed by atoms with van der Waals surface area (Å²) in [6.07, 6.45) is -7.23. The van der Waals surface area contributed by atoms with Crippen molar-refractivity contribution in [1.29, 1.82) is 0 Å². The van der Waals surface area contributed by atoms with Crippen molar-refractivity contribution >= 4 is 12.1 Å². The van der Waals surface area contributed by atoms with Crippen molar-refractivity contribution in [2.45, 2.75) is 45.0 Å². The van der Waals surface area contributed by atoms with Gasteiger partial charge in [0, 0.05) is 0 Å². The first kappa shape index (κ1) is 16.5. The highest BCUT2D eigenvalue weighted by molar-refractivity contribution is 5.81. The third-order valence-electron chi connectivity index (χ3n) is 1.61. The van der Waals surface area contributed by atoms with Crippen LogP contribution in [0, 0.1) is 0 Å². The first-order valence-electron chi connectivity index (χ1n) is 5.08. The molecule has 0 aliphatic heterocycles. The summed E-state index contributed by atoms with van der Waals surface area (Å²) in [5.74, 6) is -1.18. The lowest BCUT2D eigenvalue weighted by atomic mass is 10.2. The maximum absolute atomic E-state index is 12.2. The van der Waals surface area contributed by atoms with Gasteiger partial charge in [-0.25, -0.2) is 9.59 Å². The van der Waals surface area contributed by atoms with Crippen LogP contribution < -0.4 is 5.32 Å². The number of carbonyl (C=O) groups excluding carboxylic acids is 2. The van der Waals surface area contributed by atoms with Gasteiger partial charge in [0.25, 0.3) is 0 Å². The van der Waals surface area contributed by atoms with Crippen LogP contribution in [-0.4, -0.2) is 37.0 Å². The lowest BCUT2D eigenvalue weighted by molar-refractivity contribution is -0.160. The lowest BCUT2D eigenvalue weighted by Crippen LogP contribution is -2.46. The van der Waals surface area contributed by atoms with E-state index in [2.05, 4.69) is 4.74 Å². The normalized spacial score (nSPS) is 13.7. The molecular formula is C10H16F3NO4. The van der Waals surface area contributed by atoms with Crippen LogP contribution in [0.4, 0.5) is 18.0 Å². The monoisotopic (exact) mass is 271 g/mol. The van der Waals surface area contributed by atoms with E-state index in [1.807, 2.05) is 5.32 Å². The van der Waals surface area contributed by atoms with Gasteiger partial charge in [-0.1, -0.05) is 0 Å². The smallest absolute Gasteiger partial charge is 0.408 e. The molecule has 1 amide bonds. The molecule has 106 valence electrons. The van der Waals surface area contributed by atoms with Gasteiger partial charge in [0.15, 0.2) is 0 Å². The maximum atomic E-state index is 12.2. The fraction of sp³-hybridized carbons (Fsp3) is 0.800. The van der Waals surface area contributed by atoms with Crippen molar-refractivity contribution in [2.75, 3.05) is 7.11 Å². The van der Waals surface area contributed by atoms with E-state index in [1.165, 1.54) is 0 Å². The van der Waals surface area contributed by atoms with Crippen LogP contribution in [0.2, 0.25) is 0 Å². The van der Waals surface area contributed by atoms with Crippen molar-refractivity contribution in [1.82, 2.24) is 5.32 Å². The summed E-state index contributed by atoms with van der Waals surface area (Å²) in [6.45, 7) is 4.64. The number of carbonyl (C=O) groups is 2. The molecule has 0 aromatic heterocycles. The summed E-state index contributed by atoms with van der Waals surface area (Å²) in [5, 5.41) is 1.83. The van der Waals surface area contributed by atoms with E-state index in [9.17, 15) is 22.8 Å². The van der Waals surface area contributed by atoms with Crippen molar-refractivity contribution in [3.8, 4) is 0 Å². The molecular weight excluding hydrogens is 255 g/mol. The zero-order valence-corrected chi connectivity index (χ0v) is 10.6. The molecule has 0 radical (unpaired) electrons. The summed E-state index contributed by atoms with van der Waals surface area (Å²) in [6, 6.07) is -1.81. The number of hydrogen-bond donors (Lipinski definition) is 1. The highest BCUT2D eigenvalue weighted by Gasteiger charge is 2.37. The molecule has 0 aliphatic carbocycles. The van der Waals surface area contributed by atoms with Crippen molar-refractivity contribution < 1.29 is 32.2 Å². The van der Waals surface area contributed by atoms with E-state index in [0.717, 1.165) is 7.11 Å². The minimum Gasteiger partial charge on any atom is -0.467 e. The van der Waals surface area contributed by atoms with Gasteiger partial charge in [0.05, 0.1) is 13.5 Å². The zero-order chi connectivity index (χ0) is 14.6. The topological polar surface area (TPSA) is 64.6 Å². The molecule has 0 aliphatic rings. The summed E-state index contributed by atoms with van der Waals surface area (Å²) in [7, 11) is 0.933. The van der Waals surface area contributed by atoms with Crippen LogP contribution in [0.1, 0.15) is 27.2 Å². The Morgan fingerprint density at radius 1 is 1.22 bits per heavy atom. The second-order valence-electron chi connectivity index (χ2n) is 4.54. The van der Waals surface area contributed by atoms with Crippen LogP contribution in [0.25, 0.3) is 0 Å². The Morgan fingerprint density at radius 3 is 2.06 bits per heavy atom. The number of alkyl halides is 3. The predicted octanol–water partition coefficient (Wildman–Crippen LogP) is 2.01. The molecule has 0 fully saturated rings. The number of methoxy groups -OCH3 is 1. The SMILES string of the molecule is COC(=O)C(CC(F)(F)F)NC(=O)OC(C)(C)C. The number of amides is 1. The highest BCUT2D eigenvalue weighted by Crippen LogP contribution is 2.22. The third kappa shape index (κ3) is 7.75. The van der Waals surface area contributed by atoms with Crippen LogP contribution in [-0.2, 0) is 14.3 Å². The zero-order valence-electron chi connectivity index (χ0n) is 10.6. The predicted molar refractivity (Wildman–Crippen MR) is 55.8 cm³/mol. The number of ether oxygens (including phenoxy) is 2. The molecule has 1 unspecified atom stereocenters. The Balaban J connectivity index is 4.61. The van der Waals surface area contributed by atoms with Gasteiger partial charge in [-0.2, -0.15) is 13.2 Å². The molecule has 0 spiro atoms. The van der Waals surface area contributed by atoms with E-state index in [1.54, 1.807) is 20.8 Å². The van der Waals surface area contributed by atoms with E-state index < -0.39 is 36.3 Å². The van der Waals surface area contributed by atoms with E-state index in [0.29, 0.717) is 0 Å². The van der Waals surface area contributed by atoms with Gasteiger partial charge < -0.3 is 14.8 Å². The van der Waals surface area contributed by atoms with Crippen LogP contribution in [0.3, 0.4) is 0 Å². The van der Waals surface area contributed by atoms with Crippen molar-refractivity contribution in [2.24, 2.45) is 0 Å². The summed E-state index contributed by atoms with van der Waals surface area (Å²) in [4.78, 5) is 22.4. The summed E-state index contributed by atoms with van der Waals surface area (Å²) in [5.41, 5.74) is -0.872. The Morgan fingerprint density at radius 2 is 1.72 bits per heavy atom. The molecule has 0 aromatic rings. The quantitative estimate of drug-likeness (QED) is 0.797. The van der Waals surface area contributed by atoms with Crippen LogP contribution in [0.15, 0.2) is 0 Å². The number of rotatable bonds is 3. The maximum Gasteiger partial charge on any atom is 0.408 e. The molecule has 0 saturated carbocycles. The average molecular weight is 271 g/mol. The standard InChI is InChI=1S/C10H16F3NO4/c1-9(2,3)18-8(16)14-6(7(15)17-4)5-10(11,12)13/h6H,5H2,1-4H3,(H,14,16). The Hall–Kier alpha value is -1.47. The molecule has 1 N–H and O–H groups in total. The largest absolute Gasteiger partial charge is 0.467 e. The molecule has 0 saturated heterocycles. The highest BCUT2D eigenvalue weighted by atomic mass is 19.4. The Labute approximate surface area is 103 Å². The molecule has 0 heterocycles. The number of halogens is 3. The van der Waals surface area contributed by atoms with Gasteiger partial charge in [0.2, 0.25) is 0 Å². The summed E-state index contributed by atoms with van der Waals surface area (Å²) < 4.78 is 45.5. The van der Waals surface area contributed by atoms with E-state index in [4.69, 9.17) is 4.74 Å². The number of nitrogens with one attached hydrogen (secondary N) is 1. The Kier molecular flexibility index (Phi) is 5.44. The van der Waals surface area contributed by atoms with Crippen molar-refractivity contribution in [3.05, 3.63) is 0 Å². The second-order valence-corrected chi connectivity index (χ2v) is 4.54. The first-order valence-corrected chi connectivity index (χ1v) is 5.08. The number of esters is 1. The molecule has 18 heavy (non-hydrogen) atoms. The van der Waals surface area contributed by atoms with Gasteiger partial charge >= 0.3 is 18.2 Å². The number of hydrogen-bond acceptors (Lipinski definition) is 4. The van der Waals surface area contributed by atoms with Gasteiger partial charge in [0.1, 0.15) is 11.6 Å². The van der Waals surface area contributed by atoms with Gasteiger partial charge in [-0.3, -0.25) is 0 Å². The fourth-order valence-corrected chi connectivity index (χ4v) is 1.02. The molecule has 0 bridgehead atoms. The summed E-state index contributed by atoms with van der Waals surface area (Å²) >= 11 is 0. The van der Waals surface area contributed by atoms with E-state index in [-0.39, 0.29) is 0 Å². The minimum atomic E-state index is -4.60. The molecule has 8 heteroatoms. The van der Waals surface area contributed by atoms with Crippen LogP contribution >= 0.6 is 0 Å². The third-order valence-corrected chi connectivity index (χ3v) is 1.61. The van der Waals surface area contributed by atoms with Crippen molar-refractivity contribution in [3.63, 3.8) is 0 Å².